The molecule has 0 saturated heterocycles. The van der Waals surface area contributed by atoms with Gasteiger partial charge in [0, 0.05) is 31.4 Å². The number of hydrogen-bond donors (Lipinski definition) is 2. The van der Waals surface area contributed by atoms with Gasteiger partial charge < -0.3 is 14.8 Å². The van der Waals surface area contributed by atoms with Crippen LogP contribution in [-0.2, 0) is 13.0 Å². The van der Waals surface area contributed by atoms with Gasteiger partial charge in [0.1, 0.15) is 5.82 Å². The number of imidazole rings is 1. The van der Waals surface area contributed by atoms with Crippen LogP contribution in [-0.4, -0.2) is 26.7 Å². The molecule has 0 aromatic carbocycles. The highest BCUT2D eigenvalue weighted by atomic mass is 16.5. The van der Waals surface area contributed by atoms with E-state index in [1.165, 1.54) is 6.33 Å². The van der Waals surface area contributed by atoms with Gasteiger partial charge in [-0.25, -0.2) is 4.98 Å². The molecular formula is C9H13N5O. The highest BCUT2D eigenvalue weighted by molar-refractivity contribution is 4.99. The molecule has 0 radical (unpaired) electrons. The predicted octanol–water partition coefficient (Wildman–Crippen LogP) is 0.433. The standard InChI is InChI=1S/C9H13N5O/c1-7-11-5-8(14-7)4-10-3-2-9-12-6-13-15-9/h5-6,10H,2-4H2,1H3,(H,11,14). The Bertz CT molecular complexity index is 394. The Labute approximate surface area is 87.1 Å². The molecule has 2 aromatic rings. The molecule has 0 unspecified atom stereocenters. The van der Waals surface area contributed by atoms with E-state index in [9.17, 15) is 0 Å². The van der Waals surface area contributed by atoms with Crippen LogP contribution in [0, 0.1) is 6.92 Å². The first-order valence-electron chi connectivity index (χ1n) is 4.81. The maximum absolute atomic E-state index is 4.87. The Morgan fingerprint density at radius 2 is 2.40 bits per heavy atom. The van der Waals surface area contributed by atoms with Crippen molar-refractivity contribution >= 4 is 0 Å². The summed E-state index contributed by atoms with van der Waals surface area (Å²) in [5, 5.41) is 6.79. The monoisotopic (exact) mass is 207 g/mol. The van der Waals surface area contributed by atoms with Crippen LogP contribution in [0.15, 0.2) is 17.0 Å². The van der Waals surface area contributed by atoms with E-state index in [-0.39, 0.29) is 0 Å². The Hall–Kier alpha value is -1.69. The van der Waals surface area contributed by atoms with Crippen molar-refractivity contribution in [3.63, 3.8) is 0 Å². The van der Waals surface area contributed by atoms with Gasteiger partial charge in [0.2, 0.25) is 5.89 Å². The minimum atomic E-state index is 0.656. The summed E-state index contributed by atoms with van der Waals surface area (Å²) >= 11 is 0. The highest BCUT2D eigenvalue weighted by Crippen LogP contribution is 1.95. The van der Waals surface area contributed by atoms with Gasteiger partial charge in [-0.05, 0) is 6.92 Å². The number of nitrogens with zero attached hydrogens (tertiary/aromatic N) is 3. The van der Waals surface area contributed by atoms with E-state index in [4.69, 9.17) is 4.52 Å². The van der Waals surface area contributed by atoms with E-state index >= 15 is 0 Å². The van der Waals surface area contributed by atoms with Gasteiger partial charge in [0.25, 0.3) is 0 Å². The summed E-state index contributed by atoms with van der Waals surface area (Å²) in [7, 11) is 0. The van der Waals surface area contributed by atoms with Gasteiger partial charge in [0.15, 0.2) is 6.33 Å². The molecule has 2 aromatic heterocycles. The molecule has 2 heterocycles. The molecule has 0 saturated carbocycles. The first kappa shape index (κ1) is 9.85. The summed E-state index contributed by atoms with van der Waals surface area (Å²) in [5.41, 5.74) is 1.08. The van der Waals surface area contributed by atoms with Crippen molar-refractivity contribution < 1.29 is 4.52 Å². The third-order valence-corrected chi connectivity index (χ3v) is 1.99. The average Bonchev–Trinajstić information content (AvgIpc) is 2.84. The van der Waals surface area contributed by atoms with Crippen LogP contribution in [0.2, 0.25) is 0 Å². The minimum Gasteiger partial charge on any atom is -0.345 e. The number of nitrogens with one attached hydrogen (secondary N) is 2. The number of aryl methyl sites for hydroxylation is 1. The number of aromatic amines is 1. The van der Waals surface area contributed by atoms with Gasteiger partial charge in [-0.15, -0.1) is 0 Å². The summed E-state index contributed by atoms with van der Waals surface area (Å²) in [5.74, 6) is 1.59. The minimum absolute atomic E-state index is 0.656. The molecule has 2 N–H and O–H groups in total. The highest BCUT2D eigenvalue weighted by Gasteiger charge is 1.99. The Morgan fingerprint density at radius 1 is 1.47 bits per heavy atom. The molecule has 0 amide bonds. The van der Waals surface area contributed by atoms with Crippen molar-refractivity contribution in [2.24, 2.45) is 0 Å². The number of H-pyrrole nitrogens is 1. The van der Waals surface area contributed by atoms with Gasteiger partial charge in [-0.1, -0.05) is 5.16 Å². The van der Waals surface area contributed by atoms with Crippen LogP contribution in [0.4, 0.5) is 0 Å². The first-order valence-corrected chi connectivity index (χ1v) is 4.81. The van der Waals surface area contributed by atoms with Crippen LogP contribution in [0.1, 0.15) is 17.4 Å². The summed E-state index contributed by atoms with van der Waals surface area (Å²) in [6.07, 6.45) is 3.98. The van der Waals surface area contributed by atoms with E-state index in [1.807, 2.05) is 13.1 Å². The summed E-state index contributed by atoms with van der Waals surface area (Å²) in [4.78, 5) is 11.2. The van der Waals surface area contributed by atoms with Crippen molar-refractivity contribution in [3.8, 4) is 0 Å². The molecular weight excluding hydrogens is 194 g/mol. The quantitative estimate of drug-likeness (QED) is 0.695. The van der Waals surface area contributed by atoms with Crippen LogP contribution in [0.5, 0.6) is 0 Å². The van der Waals surface area contributed by atoms with E-state index in [2.05, 4.69) is 25.4 Å². The molecule has 6 heteroatoms. The molecule has 0 aliphatic rings. The molecule has 0 aliphatic heterocycles. The SMILES string of the molecule is Cc1ncc(CNCCc2ncno2)[nH]1. The summed E-state index contributed by atoms with van der Waals surface area (Å²) in [6.45, 7) is 3.51. The van der Waals surface area contributed by atoms with Crippen molar-refractivity contribution in [3.05, 3.63) is 29.9 Å². The summed E-state index contributed by atoms with van der Waals surface area (Å²) in [6, 6.07) is 0. The third-order valence-electron chi connectivity index (χ3n) is 1.99. The lowest BCUT2D eigenvalue weighted by molar-refractivity contribution is 0.375. The fourth-order valence-corrected chi connectivity index (χ4v) is 1.29. The van der Waals surface area contributed by atoms with Crippen LogP contribution < -0.4 is 5.32 Å². The molecule has 80 valence electrons. The second kappa shape index (κ2) is 4.70. The fraction of sp³-hybridized carbons (Fsp3) is 0.444. The van der Waals surface area contributed by atoms with E-state index in [1.54, 1.807) is 0 Å². The zero-order valence-electron chi connectivity index (χ0n) is 8.53. The fourth-order valence-electron chi connectivity index (χ4n) is 1.29. The molecule has 0 atom stereocenters. The number of hydrogen-bond acceptors (Lipinski definition) is 5. The lowest BCUT2D eigenvalue weighted by atomic mass is 10.4. The smallest absolute Gasteiger partial charge is 0.227 e. The lowest BCUT2D eigenvalue weighted by Gasteiger charge is -1.99. The zero-order valence-corrected chi connectivity index (χ0v) is 8.53. The van der Waals surface area contributed by atoms with E-state index in [0.29, 0.717) is 5.89 Å². The molecule has 15 heavy (non-hydrogen) atoms. The third kappa shape index (κ3) is 2.88. The molecule has 0 bridgehead atoms. The second-order valence-electron chi connectivity index (χ2n) is 3.26. The van der Waals surface area contributed by atoms with Crippen molar-refractivity contribution in [1.29, 1.82) is 0 Å². The van der Waals surface area contributed by atoms with Gasteiger partial charge in [-0.3, -0.25) is 0 Å². The second-order valence-corrected chi connectivity index (χ2v) is 3.26. The van der Waals surface area contributed by atoms with Gasteiger partial charge in [0.05, 0.1) is 0 Å². The predicted molar refractivity (Wildman–Crippen MR) is 53.0 cm³/mol. The summed E-state index contributed by atoms with van der Waals surface area (Å²) < 4.78 is 4.87. The Kier molecular flexibility index (Phi) is 3.08. The van der Waals surface area contributed by atoms with Crippen LogP contribution in [0.3, 0.4) is 0 Å². The van der Waals surface area contributed by atoms with E-state index < -0.39 is 0 Å². The molecule has 0 fully saturated rings. The van der Waals surface area contributed by atoms with Gasteiger partial charge in [-0.2, -0.15) is 4.98 Å². The van der Waals surface area contributed by atoms with Crippen LogP contribution >= 0.6 is 0 Å². The topological polar surface area (TPSA) is 79.6 Å². The lowest BCUT2D eigenvalue weighted by Crippen LogP contribution is -2.17. The first-order chi connectivity index (χ1) is 7.34. The van der Waals surface area contributed by atoms with Crippen molar-refractivity contribution in [2.75, 3.05) is 6.54 Å². The normalized spacial score (nSPS) is 10.7. The van der Waals surface area contributed by atoms with E-state index in [0.717, 1.165) is 31.0 Å². The van der Waals surface area contributed by atoms with Crippen LogP contribution in [0.25, 0.3) is 0 Å². The molecule has 6 nitrogen and oxygen atoms in total. The Morgan fingerprint density at radius 3 is 3.07 bits per heavy atom. The Balaban J connectivity index is 1.67. The average molecular weight is 207 g/mol. The number of rotatable bonds is 5. The van der Waals surface area contributed by atoms with Crippen molar-refractivity contribution in [2.45, 2.75) is 19.9 Å². The van der Waals surface area contributed by atoms with Gasteiger partial charge >= 0.3 is 0 Å². The molecule has 2 rings (SSSR count). The zero-order chi connectivity index (χ0) is 10.5. The molecule has 0 spiro atoms. The maximum Gasteiger partial charge on any atom is 0.227 e. The largest absolute Gasteiger partial charge is 0.345 e. The maximum atomic E-state index is 4.87. The number of aromatic nitrogens is 4. The molecule has 0 aliphatic carbocycles. The van der Waals surface area contributed by atoms with Crippen molar-refractivity contribution in [1.82, 2.24) is 25.4 Å².